The average molecular weight is 529 g/mol. The zero-order chi connectivity index (χ0) is 20.9. The fourth-order valence-corrected chi connectivity index (χ4v) is 3.53. The first-order valence-corrected chi connectivity index (χ1v) is 9.71. The zero-order valence-corrected chi connectivity index (χ0v) is 19.6. The monoisotopic (exact) mass is 529 g/mol. The normalized spacial score (nSPS) is 10.4. The van der Waals surface area contributed by atoms with Crippen molar-refractivity contribution in [3.63, 3.8) is 0 Å². The van der Waals surface area contributed by atoms with E-state index in [-0.39, 0.29) is 36.4 Å². The Balaban J connectivity index is 0.00000272. The van der Waals surface area contributed by atoms with Crippen LogP contribution in [-0.2, 0) is 17.9 Å². The van der Waals surface area contributed by atoms with Crippen molar-refractivity contribution in [3.05, 3.63) is 84.7 Å². The molecule has 160 valence electrons. The molecule has 0 unspecified atom stereocenters. The van der Waals surface area contributed by atoms with Gasteiger partial charge in [0.05, 0.1) is 19.9 Å². The summed E-state index contributed by atoms with van der Waals surface area (Å²) in [5.74, 6) is 1.09. The molecule has 3 aromatic carbocycles. The lowest BCUT2D eigenvalue weighted by atomic mass is 10.2. The lowest BCUT2D eigenvalue weighted by molar-refractivity contribution is -0.663. The first-order valence-electron chi connectivity index (χ1n) is 9.71. The van der Waals surface area contributed by atoms with Gasteiger partial charge in [0.25, 0.3) is 5.91 Å². The number of hydrogen-bond donors (Lipinski definition) is 1. The first-order chi connectivity index (χ1) is 14.7. The zero-order valence-electron chi connectivity index (χ0n) is 17.4. The molecule has 0 atom stereocenters. The van der Waals surface area contributed by atoms with Crippen LogP contribution in [0.1, 0.15) is 5.56 Å². The van der Waals surface area contributed by atoms with Crippen LogP contribution in [0.15, 0.2) is 79.1 Å². The summed E-state index contributed by atoms with van der Waals surface area (Å²) in [6.45, 7) is 0.919. The Bertz CT molecular complexity index is 1180. The molecule has 4 rings (SSSR count). The van der Waals surface area contributed by atoms with Gasteiger partial charge in [-0.1, -0.05) is 42.5 Å². The molecule has 6 nitrogen and oxygen atoms in total. The molecular weight excluding hydrogens is 505 g/mol. The second kappa shape index (κ2) is 10.3. The molecule has 0 radical (unpaired) electrons. The maximum atomic E-state index is 12.8. The van der Waals surface area contributed by atoms with Gasteiger partial charge in [-0.05, 0) is 29.8 Å². The van der Waals surface area contributed by atoms with Gasteiger partial charge in [-0.15, -0.1) is 0 Å². The second-order valence-electron chi connectivity index (χ2n) is 6.96. The Hall–Kier alpha value is -3.07. The third-order valence-corrected chi connectivity index (χ3v) is 4.97. The van der Waals surface area contributed by atoms with Gasteiger partial charge in [0, 0.05) is 6.07 Å². The number of nitrogens with one attached hydrogen (secondary N) is 1. The van der Waals surface area contributed by atoms with Crippen molar-refractivity contribution >= 4 is 22.6 Å². The number of ether oxygens (including phenoxy) is 2. The molecule has 0 aliphatic heterocycles. The number of nitrogens with zero attached hydrogens (tertiary/aromatic N) is 2. The highest BCUT2D eigenvalue weighted by Crippen LogP contribution is 2.29. The molecule has 31 heavy (non-hydrogen) atoms. The van der Waals surface area contributed by atoms with E-state index in [0.717, 1.165) is 17.6 Å². The summed E-state index contributed by atoms with van der Waals surface area (Å²) in [6, 6.07) is 23.7. The van der Waals surface area contributed by atoms with E-state index in [2.05, 4.69) is 28.1 Å². The Kier molecular flexibility index (Phi) is 7.51. The fourth-order valence-electron chi connectivity index (χ4n) is 3.53. The van der Waals surface area contributed by atoms with Gasteiger partial charge in [-0.3, -0.25) is 4.79 Å². The van der Waals surface area contributed by atoms with Gasteiger partial charge in [0.15, 0.2) is 17.6 Å². The number of carbonyl (C=O) groups is 1. The molecule has 1 N–H and O–H groups in total. The smallest absolute Gasteiger partial charge is 0.266 e. The van der Waals surface area contributed by atoms with Gasteiger partial charge in [-0.2, -0.15) is 0 Å². The van der Waals surface area contributed by atoms with Crippen molar-refractivity contribution < 1.29 is 42.8 Å². The maximum absolute atomic E-state index is 12.8. The molecule has 4 aromatic rings. The molecule has 0 saturated carbocycles. The van der Waals surface area contributed by atoms with Gasteiger partial charge < -0.3 is 38.8 Å². The number of carbonyl (C=O) groups excluding carboxylic acids is 1. The predicted molar refractivity (Wildman–Crippen MR) is 116 cm³/mol. The largest absolute Gasteiger partial charge is 1.00 e. The van der Waals surface area contributed by atoms with E-state index in [9.17, 15) is 4.79 Å². The van der Waals surface area contributed by atoms with Crippen LogP contribution in [0.5, 0.6) is 11.5 Å². The highest BCUT2D eigenvalue weighted by atomic mass is 127. The van der Waals surface area contributed by atoms with E-state index >= 15 is 0 Å². The van der Waals surface area contributed by atoms with Crippen LogP contribution >= 0.6 is 0 Å². The highest BCUT2D eigenvalue weighted by Gasteiger charge is 2.19. The van der Waals surface area contributed by atoms with Crippen LogP contribution in [0.4, 0.5) is 5.69 Å². The molecule has 1 aromatic heterocycles. The van der Waals surface area contributed by atoms with E-state index in [1.54, 1.807) is 32.4 Å². The summed E-state index contributed by atoms with van der Waals surface area (Å²) in [4.78, 5) is 12.8. The SMILES string of the molecule is COc1ccc(OC)c(NC(=O)Cn2c[n+](Cc3ccccc3)c3ccccc32)c1.[I-]. The number of hydrogen-bond acceptors (Lipinski definition) is 3. The maximum Gasteiger partial charge on any atom is 0.266 e. The van der Waals surface area contributed by atoms with Crippen LogP contribution in [0.3, 0.4) is 0 Å². The minimum absolute atomic E-state index is 0. The van der Waals surface area contributed by atoms with Crippen molar-refractivity contribution in [2.45, 2.75) is 13.1 Å². The lowest BCUT2D eigenvalue weighted by Gasteiger charge is -2.11. The van der Waals surface area contributed by atoms with Crippen molar-refractivity contribution in [2.24, 2.45) is 0 Å². The molecule has 0 aliphatic carbocycles. The van der Waals surface area contributed by atoms with Gasteiger partial charge >= 0.3 is 0 Å². The Morgan fingerprint density at radius 2 is 1.71 bits per heavy atom. The number of rotatable bonds is 7. The van der Waals surface area contributed by atoms with Gasteiger partial charge in [0.2, 0.25) is 6.33 Å². The van der Waals surface area contributed by atoms with E-state index in [1.165, 1.54) is 5.56 Å². The minimum Gasteiger partial charge on any atom is -1.00 e. The molecule has 0 aliphatic rings. The molecule has 0 spiro atoms. The van der Waals surface area contributed by atoms with E-state index in [4.69, 9.17) is 9.47 Å². The summed E-state index contributed by atoms with van der Waals surface area (Å²) in [5, 5.41) is 2.93. The van der Waals surface area contributed by atoms with Gasteiger partial charge in [-0.25, -0.2) is 9.13 Å². The number of fused-ring (bicyclic) bond motifs is 1. The Morgan fingerprint density at radius 3 is 2.45 bits per heavy atom. The van der Waals surface area contributed by atoms with E-state index < -0.39 is 0 Å². The summed E-state index contributed by atoms with van der Waals surface area (Å²) in [5.41, 5.74) is 3.86. The third kappa shape index (κ3) is 5.16. The van der Waals surface area contributed by atoms with Crippen LogP contribution in [-0.4, -0.2) is 24.7 Å². The average Bonchev–Trinajstić information content (AvgIpc) is 3.11. The van der Waals surface area contributed by atoms with Crippen LogP contribution in [0.2, 0.25) is 0 Å². The molecule has 0 bridgehead atoms. The van der Waals surface area contributed by atoms with E-state index in [1.807, 2.05) is 47.3 Å². The molecule has 1 heterocycles. The number of para-hydroxylation sites is 2. The topological polar surface area (TPSA) is 56.4 Å². The number of anilines is 1. The summed E-state index contributed by atoms with van der Waals surface area (Å²) in [7, 11) is 3.16. The van der Waals surface area contributed by atoms with Crippen molar-refractivity contribution in [1.82, 2.24) is 4.57 Å². The van der Waals surface area contributed by atoms with Crippen LogP contribution in [0, 0.1) is 0 Å². The number of benzene rings is 3. The number of aromatic nitrogens is 2. The molecule has 0 fully saturated rings. The first kappa shape index (κ1) is 22.6. The van der Waals surface area contributed by atoms with Crippen molar-refractivity contribution in [2.75, 3.05) is 19.5 Å². The lowest BCUT2D eigenvalue weighted by Crippen LogP contribution is -3.00. The number of amides is 1. The minimum atomic E-state index is -0.144. The van der Waals surface area contributed by atoms with Gasteiger partial charge in [0.1, 0.15) is 18.0 Å². The van der Waals surface area contributed by atoms with Crippen LogP contribution in [0.25, 0.3) is 11.0 Å². The molecule has 7 heteroatoms. The van der Waals surface area contributed by atoms with E-state index in [0.29, 0.717) is 17.2 Å². The quantitative estimate of drug-likeness (QED) is 0.283. The summed E-state index contributed by atoms with van der Waals surface area (Å²) in [6.07, 6.45) is 1.99. The Labute approximate surface area is 198 Å². The number of halogens is 1. The standard InChI is InChI=1S/C24H23N3O3.HI/c1-29-19-12-13-23(30-2)20(14-19)25-24(28)16-27-17-26(15-18-8-4-3-5-9-18)21-10-6-7-11-22(21)27;/h3-14,17H,15-16H2,1-2H3;1H. The van der Waals surface area contributed by atoms with Crippen LogP contribution < -0.4 is 43.3 Å². The Morgan fingerprint density at radius 1 is 0.968 bits per heavy atom. The second-order valence-corrected chi connectivity index (χ2v) is 6.96. The number of imidazole rings is 1. The molecule has 0 saturated heterocycles. The summed E-state index contributed by atoms with van der Waals surface area (Å²) < 4.78 is 14.7. The van der Waals surface area contributed by atoms with Crippen molar-refractivity contribution in [3.8, 4) is 11.5 Å². The fraction of sp³-hybridized carbons (Fsp3) is 0.167. The molecular formula is C24H24IN3O3. The highest BCUT2D eigenvalue weighted by molar-refractivity contribution is 5.93. The predicted octanol–water partition coefficient (Wildman–Crippen LogP) is 0.637. The van der Waals surface area contributed by atoms with Crippen molar-refractivity contribution in [1.29, 1.82) is 0 Å². The number of methoxy groups -OCH3 is 2. The summed E-state index contributed by atoms with van der Waals surface area (Å²) >= 11 is 0. The third-order valence-electron chi connectivity index (χ3n) is 4.97. The molecule has 1 amide bonds.